The Morgan fingerprint density at radius 3 is 2.89 bits per heavy atom. The molecule has 0 radical (unpaired) electrons. The van der Waals surface area contributed by atoms with E-state index in [0.29, 0.717) is 39.7 Å². The average Bonchev–Trinajstić information content (AvgIpc) is 2.61. The van der Waals surface area contributed by atoms with Gasteiger partial charge in [-0.2, -0.15) is 0 Å². The normalized spacial score (nSPS) is 11.0. The van der Waals surface area contributed by atoms with Crippen LogP contribution in [0.1, 0.15) is 5.82 Å². The molecule has 140 valence electrons. The highest BCUT2D eigenvalue weighted by Crippen LogP contribution is 2.17. The van der Waals surface area contributed by atoms with Crippen LogP contribution in [0.5, 0.6) is 5.75 Å². The SMILES string of the molecule is COc1cccc(NC(=O)CN(C)Cc2nc3cc(Cl)ccc3c(=O)[nH]2)c1. The van der Waals surface area contributed by atoms with E-state index in [4.69, 9.17) is 16.3 Å². The predicted molar refractivity (Wildman–Crippen MR) is 105 cm³/mol. The van der Waals surface area contributed by atoms with Crippen molar-refractivity contribution in [2.24, 2.45) is 0 Å². The van der Waals surface area contributed by atoms with Crippen LogP contribution in [-0.4, -0.2) is 41.5 Å². The van der Waals surface area contributed by atoms with Crippen molar-refractivity contribution in [2.45, 2.75) is 6.54 Å². The van der Waals surface area contributed by atoms with Crippen molar-refractivity contribution in [3.05, 3.63) is 63.7 Å². The van der Waals surface area contributed by atoms with Crippen LogP contribution in [0.25, 0.3) is 10.9 Å². The van der Waals surface area contributed by atoms with Crippen molar-refractivity contribution in [3.8, 4) is 5.75 Å². The van der Waals surface area contributed by atoms with E-state index in [2.05, 4.69) is 15.3 Å². The summed E-state index contributed by atoms with van der Waals surface area (Å²) < 4.78 is 5.14. The molecule has 2 N–H and O–H groups in total. The molecule has 1 heterocycles. The number of ether oxygens (including phenoxy) is 1. The summed E-state index contributed by atoms with van der Waals surface area (Å²) in [6, 6.07) is 12.1. The van der Waals surface area contributed by atoms with Gasteiger partial charge in [0.05, 0.1) is 31.1 Å². The molecule has 1 aromatic heterocycles. The first-order chi connectivity index (χ1) is 12.9. The van der Waals surface area contributed by atoms with E-state index in [1.165, 1.54) is 0 Å². The number of hydrogen-bond donors (Lipinski definition) is 2. The van der Waals surface area contributed by atoms with Crippen molar-refractivity contribution < 1.29 is 9.53 Å². The quantitative estimate of drug-likeness (QED) is 0.680. The van der Waals surface area contributed by atoms with Crippen molar-refractivity contribution in [1.82, 2.24) is 14.9 Å². The van der Waals surface area contributed by atoms with E-state index in [1.54, 1.807) is 61.5 Å². The number of fused-ring (bicyclic) bond motifs is 1. The number of anilines is 1. The molecule has 0 saturated carbocycles. The second-order valence-corrected chi connectivity index (χ2v) is 6.56. The zero-order valence-corrected chi connectivity index (χ0v) is 15.7. The fourth-order valence-corrected chi connectivity index (χ4v) is 2.86. The molecule has 0 aliphatic heterocycles. The Bertz CT molecular complexity index is 1030. The van der Waals surface area contributed by atoms with Gasteiger partial charge in [0.15, 0.2) is 0 Å². The molecular weight excluding hydrogens is 368 g/mol. The standard InChI is InChI=1S/C19H19ClN4O3/c1-24(11-18(25)21-13-4-3-5-14(9-13)27-2)10-17-22-16-8-12(20)6-7-15(16)19(26)23-17/h3-9H,10-11H2,1-2H3,(H,21,25)(H,22,23,26). The minimum atomic E-state index is -0.235. The van der Waals surface area contributed by atoms with Crippen molar-refractivity contribution in [3.63, 3.8) is 0 Å². The molecule has 1 amide bonds. The van der Waals surface area contributed by atoms with Crippen LogP contribution in [0.15, 0.2) is 47.3 Å². The number of aromatic nitrogens is 2. The average molecular weight is 387 g/mol. The van der Waals surface area contributed by atoms with Crippen LogP contribution in [0.3, 0.4) is 0 Å². The lowest BCUT2D eigenvalue weighted by atomic mass is 10.2. The number of methoxy groups -OCH3 is 1. The highest BCUT2D eigenvalue weighted by Gasteiger charge is 2.11. The molecule has 0 unspecified atom stereocenters. The molecule has 0 spiro atoms. The lowest BCUT2D eigenvalue weighted by Crippen LogP contribution is -2.31. The van der Waals surface area contributed by atoms with Gasteiger partial charge in [0.25, 0.3) is 5.56 Å². The van der Waals surface area contributed by atoms with E-state index in [0.717, 1.165) is 0 Å². The fourth-order valence-electron chi connectivity index (χ4n) is 2.69. The van der Waals surface area contributed by atoms with Gasteiger partial charge in [-0.3, -0.25) is 14.5 Å². The van der Waals surface area contributed by atoms with Gasteiger partial charge < -0.3 is 15.0 Å². The Hall–Kier alpha value is -2.90. The Balaban J connectivity index is 1.66. The first-order valence-electron chi connectivity index (χ1n) is 8.25. The van der Waals surface area contributed by atoms with Gasteiger partial charge in [0, 0.05) is 16.8 Å². The largest absolute Gasteiger partial charge is 0.497 e. The Morgan fingerprint density at radius 1 is 1.30 bits per heavy atom. The lowest BCUT2D eigenvalue weighted by molar-refractivity contribution is -0.117. The highest BCUT2D eigenvalue weighted by molar-refractivity contribution is 6.31. The number of nitrogens with one attached hydrogen (secondary N) is 2. The number of halogens is 1. The van der Waals surface area contributed by atoms with Gasteiger partial charge in [-0.15, -0.1) is 0 Å². The third-order valence-corrected chi connectivity index (χ3v) is 4.14. The van der Waals surface area contributed by atoms with Gasteiger partial charge >= 0.3 is 0 Å². The Kier molecular flexibility index (Phi) is 5.73. The minimum Gasteiger partial charge on any atom is -0.497 e. The zero-order chi connectivity index (χ0) is 19.4. The number of carbonyl (C=O) groups excluding carboxylic acids is 1. The molecule has 7 nitrogen and oxygen atoms in total. The molecule has 8 heteroatoms. The van der Waals surface area contributed by atoms with E-state index in [1.807, 2.05) is 0 Å². The number of nitrogens with zero attached hydrogens (tertiary/aromatic N) is 2. The molecule has 0 aliphatic carbocycles. The summed E-state index contributed by atoms with van der Waals surface area (Å²) in [5.41, 5.74) is 0.941. The maximum Gasteiger partial charge on any atom is 0.258 e. The molecule has 0 fully saturated rings. The number of rotatable bonds is 6. The Morgan fingerprint density at radius 2 is 2.11 bits per heavy atom. The third kappa shape index (κ3) is 4.84. The van der Waals surface area contributed by atoms with E-state index >= 15 is 0 Å². The number of H-pyrrole nitrogens is 1. The number of benzene rings is 2. The molecule has 0 atom stereocenters. The summed E-state index contributed by atoms with van der Waals surface area (Å²) in [7, 11) is 3.34. The first-order valence-corrected chi connectivity index (χ1v) is 8.63. The summed E-state index contributed by atoms with van der Waals surface area (Å²) >= 11 is 5.97. The van der Waals surface area contributed by atoms with Crippen LogP contribution in [0.4, 0.5) is 5.69 Å². The summed E-state index contributed by atoms with van der Waals surface area (Å²) in [5, 5.41) is 3.80. The first kappa shape index (κ1) is 18.9. The fraction of sp³-hybridized carbons (Fsp3) is 0.211. The van der Waals surface area contributed by atoms with Gasteiger partial charge in [-0.25, -0.2) is 4.98 Å². The molecular formula is C19H19ClN4O3. The van der Waals surface area contributed by atoms with Crippen LogP contribution in [-0.2, 0) is 11.3 Å². The number of carbonyl (C=O) groups is 1. The third-order valence-electron chi connectivity index (χ3n) is 3.90. The topological polar surface area (TPSA) is 87.3 Å². The Labute approximate surface area is 160 Å². The second kappa shape index (κ2) is 8.20. The number of amides is 1. The van der Waals surface area contributed by atoms with Crippen LogP contribution >= 0.6 is 11.6 Å². The summed E-state index contributed by atoms with van der Waals surface area (Å²) in [5.74, 6) is 0.945. The highest BCUT2D eigenvalue weighted by atomic mass is 35.5. The van der Waals surface area contributed by atoms with Gasteiger partial charge in [0.1, 0.15) is 11.6 Å². The molecule has 3 aromatic rings. The van der Waals surface area contributed by atoms with Crippen molar-refractivity contribution in [1.29, 1.82) is 0 Å². The molecule has 3 rings (SSSR count). The number of aromatic amines is 1. The summed E-state index contributed by atoms with van der Waals surface area (Å²) in [6.07, 6.45) is 0. The second-order valence-electron chi connectivity index (χ2n) is 6.13. The van der Waals surface area contributed by atoms with Gasteiger partial charge in [-0.05, 0) is 37.4 Å². The molecule has 27 heavy (non-hydrogen) atoms. The van der Waals surface area contributed by atoms with E-state index < -0.39 is 0 Å². The maximum atomic E-state index is 12.2. The summed E-state index contributed by atoms with van der Waals surface area (Å²) in [6.45, 7) is 0.442. The lowest BCUT2D eigenvalue weighted by Gasteiger charge is -2.16. The van der Waals surface area contributed by atoms with E-state index in [9.17, 15) is 9.59 Å². The zero-order valence-electron chi connectivity index (χ0n) is 15.0. The molecule has 0 saturated heterocycles. The molecule has 0 bridgehead atoms. The molecule has 0 aliphatic rings. The maximum absolute atomic E-state index is 12.2. The predicted octanol–water partition coefficient (Wildman–Crippen LogP) is 2.66. The van der Waals surface area contributed by atoms with Crippen LogP contribution in [0, 0.1) is 0 Å². The number of likely N-dealkylation sites (N-methyl/N-ethyl adjacent to an activating group) is 1. The summed E-state index contributed by atoms with van der Waals surface area (Å²) in [4.78, 5) is 33.3. The minimum absolute atomic E-state index is 0.133. The molecule has 2 aromatic carbocycles. The van der Waals surface area contributed by atoms with Crippen LogP contribution < -0.4 is 15.6 Å². The van der Waals surface area contributed by atoms with Crippen molar-refractivity contribution >= 4 is 34.1 Å². The van der Waals surface area contributed by atoms with Crippen molar-refractivity contribution in [2.75, 3.05) is 26.0 Å². The van der Waals surface area contributed by atoms with Crippen LogP contribution in [0.2, 0.25) is 5.02 Å². The van der Waals surface area contributed by atoms with Gasteiger partial charge in [-0.1, -0.05) is 17.7 Å². The van der Waals surface area contributed by atoms with Gasteiger partial charge in [0.2, 0.25) is 5.91 Å². The monoisotopic (exact) mass is 386 g/mol. The number of hydrogen-bond acceptors (Lipinski definition) is 5. The smallest absolute Gasteiger partial charge is 0.258 e. The van der Waals surface area contributed by atoms with E-state index in [-0.39, 0.29) is 18.0 Å².